The maximum absolute atomic E-state index is 11.9. The molecule has 2 atom stereocenters. The van der Waals surface area contributed by atoms with E-state index < -0.39 is 18.1 Å². The first-order valence-corrected chi connectivity index (χ1v) is 17.6. The maximum Gasteiger partial charge on any atom is 0.305 e. The highest BCUT2D eigenvalue weighted by Gasteiger charge is 2.24. The number of hydrogen-bond donors (Lipinski definition) is 1. The van der Waals surface area contributed by atoms with Crippen LogP contribution in [0.3, 0.4) is 0 Å². The van der Waals surface area contributed by atoms with Gasteiger partial charge in [-0.2, -0.15) is 0 Å². The number of carboxylic acids is 1. The summed E-state index contributed by atoms with van der Waals surface area (Å²) in [5.41, 5.74) is 0. The highest BCUT2D eigenvalue weighted by atomic mass is 16.5. The molecule has 0 aliphatic heterocycles. The summed E-state index contributed by atoms with van der Waals surface area (Å²) in [6, 6.07) is -0.682. The molecule has 0 amide bonds. The monoisotopic (exact) mass is 600 g/mol. The summed E-state index contributed by atoms with van der Waals surface area (Å²) in [5.74, 6) is -1.40. The fraction of sp³-hybridized carbons (Fsp3) is 0.943. The summed E-state index contributed by atoms with van der Waals surface area (Å²) in [6.07, 6.45) is 29.2. The molecule has 0 aromatic carbocycles. The van der Waals surface area contributed by atoms with Crippen molar-refractivity contribution in [2.24, 2.45) is 0 Å². The van der Waals surface area contributed by atoms with Crippen molar-refractivity contribution in [3.63, 3.8) is 0 Å². The first-order chi connectivity index (χ1) is 20.2. The molecule has 1 N–H and O–H groups in total. The Labute approximate surface area is 259 Å². The summed E-state index contributed by atoms with van der Waals surface area (Å²) >= 11 is 0. The Hall–Kier alpha value is -1.18. The second-order valence-corrected chi connectivity index (χ2v) is 13.3. The van der Waals surface area contributed by atoms with Gasteiger partial charge in [0.25, 0.3) is 0 Å². The number of aliphatic hydroxyl groups excluding tert-OH is 1. The van der Waals surface area contributed by atoms with Gasteiger partial charge in [0.15, 0.2) is 0 Å². The van der Waals surface area contributed by atoms with Crippen molar-refractivity contribution in [2.45, 2.75) is 173 Å². The lowest BCUT2D eigenvalue weighted by atomic mass is 10.0. The van der Waals surface area contributed by atoms with Crippen LogP contribution in [-0.4, -0.2) is 74.6 Å². The zero-order chi connectivity index (χ0) is 31.3. The van der Waals surface area contributed by atoms with Crippen molar-refractivity contribution in [1.82, 2.24) is 0 Å². The predicted octanol–water partition coefficient (Wildman–Crippen LogP) is 7.11. The van der Waals surface area contributed by atoms with Crippen molar-refractivity contribution < 1.29 is 33.8 Å². The van der Waals surface area contributed by atoms with E-state index in [1.165, 1.54) is 122 Å². The van der Waals surface area contributed by atoms with Crippen LogP contribution in [0, 0.1) is 0 Å². The van der Waals surface area contributed by atoms with Gasteiger partial charge in [0.2, 0.25) is 0 Å². The second-order valence-electron chi connectivity index (χ2n) is 13.3. The van der Waals surface area contributed by atoms with Gasteiger partial charge in [-0.25, -0.2) is 0 Å². The van der Waals surface area contributed by atoms with Crippen LogP contribution in [0.4, 0.5) is 0 Å². The van der Waals surface area contributed by atoms with Crippen molar-refractivity contribution in [3.05, 3.63) is 0 Å². The maximum atomic E-state index is 11.9. The molecule has 42 heavy (non-hydrogen) atoms. The SMILES string of the molecule is CCCCCCCCCCCCCCCCCCCCCCCCC(=O)OCC(O)COCCC(C(=O)[O-])[N+](C)(C)C. The zero-order valence-electron chi connectivity index (χ0n) is 28.2. The Bertz CT molecular complexity index is 621. The smallest absolute Gasteiger partial charge is 0.305 e. The number of aliphatic carboxylic acids is 1. The highest BCUT2D eigenvalue weighted by Crippen LogP contribution is 2.15. The number of hydrogen-bond acceptors (Lipinski definition) is 6. The molecular weight excluding hydrogens is 530 g/mol. The minimum atomic E-state index is -1.11. The van der Waals surface area contributed by atoms with E-state index in [9.17, 15) is 19.8 Å². The Morgan fingerprint density at radius 2 is 1.02 bits per heavy atom. The van der Waals surface area contributed by atoms with Gasteiger partial charge in [-0.05, 0) is 6.42 Å². The van der Waals surface area contributed by atoms with E-state index in [0.717, 1.165) is 19.3 Å². The van der Waals surface area contributed by atoms with Crippen molar-refractivity contribution in [2.75, 3.05) is 41.0 Å². The number of esters is 1. The van der Waals surface area contributed by atoms with E-state index in [4.69, 9.17) is 9.47 Å². The van der Waals surface area contributed by atoms with Crippen LogP contribution in [0.25, 0.3) is 0 Å². The number of carbonyl (C=O) groups is 2. The molecule has 0 saturated heterocycles. The number of nitrogens with zero attached hydrogens (tertiary/aromatic N) is 1. The topological polar surface area (TPSA) is 95.9 Å². The average Bonchev–Trinajstić information content (AvgIpc) is 2.93. The van der Waals surface area contributed by atoms with Crippen LogP contribution in [0.2, 0.25) is 0 Å². The summed E-state index contributed by atoms with van der Waals surface area (Å²) in [5, 5.41) is 21.2. The van der Waals surface area contributed by atoms with Crippen molar-refractivity contribution in [3.8, 4) is 0 Å². The molecule has 0 spiro atoms. The summed E-state index contributed by atoms with van der Waals surface area (Å²) in [6.45, 7) is 2.38. The standard InChI is InChI=1S/C35H69NO6/c1-5-6-7-8-9-10-11-12-13-14-15-16-17-18-19-20-21-22-23-24-25-26-27-34(38)42-31-32(37)30-41-29-28-33(35(39)40)36(2,3)4/h32-33,37H,5-31H2,1-4H3. The number of quaternary nitrogens is 1. The van der Waals surface area contributed by atoms with E-state index in [0.29, 0.717) is 6.42 Å². The minimum absolute atomic E-state index is 0.00356. The molecule has 0 aromatic rings. The molecule has 0 aromatic heterocycles. The number of ether oxygens (including phenoxy) is 2. The van der Waals surface area contributed by atoms with Crippen LogP contribution >= 0.6 is 0 Å². The summed E-state index contributed by atoms with van der Waals surface area (Å²) in [7, 11) is 5.37. The van der Waals surface area contributed by atoms with Crippen LogP contribution in [0.1, 0.15) is 161 Å². The quantitative estimate of drug-likeness (QED) is 0.0503. The number of unbranched alkanes of at least 4 members (excludes halogenated alkanes) is 21. The van der Waals surface area contributed by atoms with Crippen molar-refractivity contribution in [1.29, 1.82) is 0 Å². The normalized spacial score (nSPS) is 13.3. The third kappa shape index (κ3) is 27.6. The van der Waals surface area contributed by atoms with Crippen LogP contribution in [0.5, 0.6) is 0 Å². The molecule has 0 heterocycles. The van der Waals surface area contributed by atoms with Gasteiger partial charge in [-0.15, -0.1) is 0 Å². The number of aliphatic hydroxyl groups is 1. The van der Waals surface area contributed by atoms with E-state index in [1.807, 2.05) is 0 Å². The number of carboxylic acid groups (broad SMARTS) is 1. The molecule has 7 heteroatoms. The molecule has 0 fully saturated rings. The van der Waals surface area contributed by atoms with E-state index >= 15 is 0 Å². The second kappa shape index (κ2) is 28.6. The molecule has 0 rings (SSSR count). The molecule has 0 saturated carbocycles. The Morgan fingerprint density at radius 3 is 1.38 bits per heavy atom. The number of rotatable bonds is 32. The van der Waals surface area contributed by atoms with Crippen LogP contribution < -0.4 is 5.11 Å². The fourth-order valence-corrected chi connectivity index (χ4v) is 5.42. The minimum Gasteiger partial charge on any atom is -0.544 e. The Balaban J connectivity index is 3.38. The lowest BCUT2D eigenvalue weighted by Gasteiger charge is -2.34. The molecule has 7 nitrogen and oxygen atoms in total. The van der Waals surface area contributed by atoms with Crippen LogP contribution in [-0.2, 0) is 19.1 Å². The highest BCUT2D eigenvalue weighted by molar-refractivity contribution is 5.69. The van der Waals surface area contributed by atoms with Gasteiger partial charge in [-0.1, -0.05) is 142 Å². The van der Waals surface area contributed by atoms with Gasteiger partial charge in [0.1, 0.15) is 18.8 Å². The predicted molar refractivity (Wildman–Crippen MR) is 171 cm³/mol. The lowest BCUT2D eigenvalue weighted by molar-refractivity contribution is -0.889. The van der Waals surface area contributed by atoms with Gasteiger partial charge in [0, 0.05) is 12.8 Å². The van der Waals surface area contributed by atoms with E-state index in [-0.39, 0.29) is 36.7 Å². The molecular formula is C35H69NO6. The third-order valence-electron chi connectivity index (χ3n) is 8.22. The first kappa shape index (κ1) is 40.8. The Kier molecular flexibility index (Phi) is 27.8. The summed E-state index contributed by atoms with van der Waals surface area (Å²) in [4.78, 5) is 23.2. The average molecular weight is 600 g/mol. The largest absolute Gasteiger partial charge is 0.544 e. The van der Waals surface area contributed by atoms with Crippen molar-refractivity contribution >= 4 is 11.9 Å². The first-order valence-electron chi connectivity index (χ1n) is 17.6. The number of carbonyl (C=O) groups excluding carboxylic acids is 2. The number of likely N-dealkylation sites (N-methyl/N-ethyl adjacent to an activating group) is 1. The van der Waals surface area contributed by atoms with Gasteiger partial charge in [-0.3, -0.25) is 4.79 Å². The lowest BCUT2D eigenvalue weighted by Crippen LogP contribution is -2.55. The van der Waals surface area contributed by atoms with Gasteiger partial charge < -0.3 is 29.0 Å². The van der Waals surface area contributed by atoms with Gasteiger partial charge in [0.05, 0.1) is 40.3 Å². The molecule has 0 aliphatic carbocycles. The van der Waals surface area contributed by atoms with E-state index in [1.54, 1.807) is 21.1 Å². The third-order valence-corrected chi connectivity index (χ3v) is 8.22. The zero-order valence-corrected chi connectivity index (χ0v) is 28.2. The molecule has 2 unspecified atom stereocenters. The molecule has 0 aliphatic rings. The summed E-state index contributed by atoms with van der Waals surface area (Å²) < 4.78 is 10.8. The molecule has 0 bridgehead atoms. The fourth-order valence-electron chi connectivity index (χ4n) is 5.42. The molecule has 0 radical (unpaired) electrons. The van der Waals surface area contributed by atoms with Crippen LogP contribution in [0.15, 0.2) is 0 Å². The Morgan fingerprint density at radius 1 is 0.643 bits per heavy atom. The van der Waals surface area contributed by atoms with Gasteiger partial charge >= 0.3 is 5.97 Å². The van der Waals surface area contributed by atoms with E-state index in [2.05, 4.69) is 6.92 Å². The molecule has 250 valence electrons.